The van der Waals surface area contributed by atoms with Gasteiger partial charge in [-0.15, -0.1) is 11.6 Å². The van der Waals surface area contributed by atoms with Gasteiger partial charge in [-0.2, -0.15) is 13.2 Å². The summed E-state index contributed by atoms with van der Waals surface area (Å²) in [5, 5.41) is 5.31. The van der Waals surface area contributed by atoms with E-state index in [1.54, 1.807) is 4.90 Å². The van der Waals surface area contributed by atoms with E-state index in [2.05, 4.69) is 29.4 Å². The number of hydrogen-bond acceptors (Lipinski definition) is 3. The minimum absolute atomic E-state index is 0.0235. The second-order valence-electron chi connectivity index (χ2n) is 8.44. The fraction of sp³-hybridized carbons (Fsp3) is 0.652. The normalized spacial score (nSPS) is 16.3. The first-order chi connectivity index (χ1) is 15.7. The number of carbonyl (C=O) groups excluding carboxylic acids is 2. The van der Waals surface area contributed by atoms with Crippen LogP contribution in [0.4, 0.5) is 23.7 Å². The number of rotatable bonds is 10. The van der Waals surface area contributed by atoms with Crippen molar-refractivity contribution in [2.45, 2.75) is 64.2 Å². The van der Waals surface area contributed by atoms with E-state index in [0.717, 1.165) is 50.9 Å². The summed E-state index contributed by atoms with van der Waals surface area (Å²) in [7, 11) is 0. The first-order valence-electron chi connectivity index (χ1n) is 11.5. The molecule has 33 heavy (non-hydrogen) atoms. The predicted molar refractivity (Wildman–Crippen MR) is 124 cm³/mol. The van der Waals surface area contributed by atoms with Crippen LogP contribution in [0.3, 0.4) is 0 Å². The van der Waals surface area contributed by atoms with Crippen molar-refractivity contribution in [1.82, 2.24) is 15.1 Å². The van der Waals surface area contributed by atoms with Crippen molar-refractivity contribution in [1.29, 1.82) is 0 Å². The number of urea groups is 1. The minimum Gasteiger partial charge on any atom is -0.355 e. The van der Waals surface area contributed by atoms with Crippen LogP contribution in [-0.4, -0.2) is 65.9 Å². The fourth-order valence-electron chi connectivity index (χ4n) is 4.18. The summed E-state index contributed by atoms with van der Waals surface area (Å²) in [6, 6.07) is 4.65. The minimum atomic E-state index is -4.48. The van der Waals surface area contributed by atoms with E-state index < -0.39 is 17.8 Å². The molecule has 1 unspecified atom stereocenters. The number of nitrogens with zero attached hydrogens (tertiary/aromatic N) is 2. The van der Waals surface area contributed by atoms with Gasteiger partial charge in [0, 0.05) is 44.0 Å². The average molecular weight is 491 g/mol. The molecule has 1 fully saturated rings. The van der Waals surface area contributed by atoms with Crippen molar-refractivity contribution < 1.29 is 22.8 Å². The number of likely N-dealkylation sites (tertiary alicyclic amines) is 1. The summed E-state index contributed by atoms with van der Waals surface area (Å²) in [5.74, 6) is -0.413. The monoisotopic (exact) mass is 490 g/mol. The van der Waals surface area contributed by atoms with Crippen LogP contribution in [0, 0.1) is 0 Å². The van der Waals surface area contributed by atoms with E-state index in [1.165, 1.54) is 12.1 Å². The molecule has 0 spiro atoms. The van der Waals surface area contributed by atoms with Gasteiger partial charge in [-0.1, -0.05) is 19.4 Å². The Morgan fingerprint density at radius 2 is 1.97 bits per heavy atom. The number of hydrogen-bond donors (Lipinski definition) is 2. The third kappa shape index (κ3) is 8.70. The topological polar surface area (TPSA) is 64.7 Å². The zero-order chi connectivity index (χ0) is 24.4. The summed E-state index contributed by atoms with van der Waals surface area (Å²) in [6.07, 6.45) is -0.157. The van der Waals surface area contributed by atoms with Crippen molar-refractivity contribution >= 4 is 29.2 Å². The highest BCUT2D eigenvalue weighted by Crippen LogP contribution is 2.31. The van der Waals surface area contributed by atoms with Gasteiger partial charge in [0.2, 0.25) is 5.91 Å². The van der Waals surface area contributed by atoms with Crippen LogP contribution in [0.5, 0.6) is 0 Å². The van der Waals surface area contributed by atoms with Crippen LogP contribution < -0.4 is 10.6 Å². The highest BCUT2D eigenvalue weighted by molar-refractivity contribution is 6.27. The summed E-state index contributed by atoms with van der Waals surface area (Å²) in [6.45, 7) is 6.84. The molecule has 1 atom stereocenters. The van der Waals surface area contributed by atoms with Crippen molar-refractivity contribution in [3.63, 3.8) is 0 Å². The Morgan fingerprint density at radius 1 is 1.27 bits per heavy atom. The summed E-state index contributed by atoms with van der Waals surface area (Å²) < 4.78 is 39.1. The molecule has 186 valence electrons. The largest absolute Gasteiger partial charge is 0.416 e. The third-order valence-electron chi connectivity index (χ3n) is 5.99. The van der Waals surface area contributed by atoms with Crippen LogP contribution in [-0.2, 0) is 11.0 Å². The summed E-state index contributed by atoms with van der Waals surface area (Å²) in [4.78, 5) is 28.6. The number of nitrogens with one attached hydrogen (secondary N) is 2. The zero-order valence-corrected chi connectivity index (χ0v) is 20.0. The molecule has 1 aliphatic heterocycles. The molecule has 0 saturated carbocycles. The van der Waals surface area contributed by atoms with Gasteiger partial charge in [-0.05, 0) is 50.8 Å². The van der Waals surface area contributed by atoms with Gasteiger partial charge in [0.1, 0.15) is 5.88 Å². The van der Waals surface area contributed by atoms with Crippen molar-refractivity contribution in [2.24, 2.45) is 0 Å². The Bertz CT molecular complexity index is 770. The molecule has 1 aromatic rings. The van der Waals surface area contributed by atoms with E-state index in [0.29, 0.717) is 25.6 Å². The molecule has 1 aromatic carbocycles. The summed E-state index contributed by atoms with van der Waals surface area (Å²) >= 11 is 5.49. The van der Waals surface area contributed by atoms with Crippen LogP contribution >= 0.6 is 11.6 Å². The molecule has 2 N–H and O–H groups in total. The second-order valence-corrected chi connectivity index (χ2v) is 8.71. The Balaban J connectivity index is 2.05. The van der Waals surface area contributed by atoms with Gasteiger partial charge in [0.05, 0.1) is 5.56 Å². The molecule has 1 heterocycles. The average Bonchev–Trinajstić information content (AvgIpc) is 2.78. The molecule has 0 aromatic heterocycles. The molecule has 6 nitrogen and oxygen atoms in total. The lowest BCUT2D eigenvalue weighted by Crippen LogP contribution is -2.51. The van der Waals surface area contributed by atoms with E-state index in [4.69, 9.17) is 11.6 Å². The Hall–Kier alpha value is -2.00. The molecule has 0 bridgehead atoms. The molecule has 3 amide bonds. The molecule has 1 aliphatic rings. The first-order valence-corrected chi connectivity index (χ1v) is 12.0. The predicted octanol–water partition coefficient (Wildman–Crippen LogP) is 4.94. The van der Waals surface area contributed by atoms with Crippen LogP contribution in [0.1, 0.15) is 51.5 Å². The molecule has 2 rings (SSSR count). The van der Waals surface area contributed by atoms with Crippen LogP contribution in [0.2, 0.25) is 0 Å². The highest BCUT2D eigenvalue weighted by Gasteiger charge is 2.32. The first kappa shape index (κ1) is 27.2. The van der Waals surface area contributed by atoms with Gasteiger partial charge < -0.3 is 20.4 Å². The Morgan fingerprint density at radius 3 is 2.58 bits per heavy atom. The number of halogens is 4. The van der Waals surface area contributed by atoms with Gasteiger partial charge in [0.15, 0.2) is 0 Å². The number of benzene rings is 1. The SMILES string of the molecule is CCCC(C)N1CCC(N(CCCNC(=O)CCl)C(=O)Nc2cccc(C(F)(F)F)c2)CC1. The van der Waals surface area contributed by atoms with Gasteiger partial charge in [-0.25, -0.2) is 4.79 Å². The fourth-order valence-corrected chi connectivity index (χ4v) is 4.28. The van der Waals surface area contributed by atoms with Crippen molar-refractivity contribution in [3.8, 4) is 0 Å². The molecule has 1 saturated heterocycles. The maximum Gasteiger partial charge on any atom is 0.416 e. The second kappa shape index (κ2) is 13.0. The Kier molecular flexibility index (Phi) is 10.8. The van der Waals surface area contributed by atoms with E-state index >= 15 is 0 Å². The van der Waals surface area contributed by atoms with E-state index in [1.807, 2.05) is 0 Å². The molecule has 10 heteroatoms. The smallest absolute Gasteiger partial charge is 0.355 e. The molecular formula is C23H34ClF3N4O2. The lowest BCUT2D eigenvalue weighted by molar-refractivity contribution is -0.137. The maximum atomic E-state index is 13.1. The van der Waals surface area contributed by atoms with E-state index in [-0.39, 0.29) is 23.5 Å². The number of carbonyl (C=O) groups is 2. The molecular weight excluding hydrogens is 457 g/mol. The number of alkyl halides is 4. The van der Waals surface area contributed by atoms with Gasteiger partial charge in [0.25, 0.3) is 0 Å². The lowest BCUT2D eigenvalue weighted by atomic mass is 10.0. The van der Waals surface area contributed by atoms with Gasteiger partial charge >= 0.3 is 12.2 Å². The standard InChI is InChI=1S/C23H34ClF3N4O2/c1-3-6-17(2)30-13-9-20(10-14-30)31(12-5-11-28-21(32)16-24)22(33)29-19-8-4-7-18(15-19)23(25,26)27/h4,7-8,15,17,20H,3,5-6,9-14,16H2,1-2H3,(H,28,32)(H,29,33). The maximum absolute atomic E-state index is 13.1. The van der Waals surface area contributed by atoms with Crippen molar-refractivity contribution in [3.05, 3.63) is 29.8 Å². The number of amides is 3. The molecule has 0 radical (unpaired) electrons. The van der Waals surface area contributed by atoms with Crippen molar-refractivity contribution in [2.75, 3.05) is 37.4 Å². The zero-order valence-electron chi connectivity index (χ0n) is 19.3. The lowest BCUT2D eigenvalue weighted by Gasteiger charge is -2.40. The summed E-state index contributed by atoms with van der Waals surface area (Å²) in [5.41, 5.74) is -0.710. The Labute approximate surface area is 198 Å². The number of anilines is 1. The van der Waals surface area contributed by atoms with Gasteiger partial charge in [-0.3, -0.25) is 4.79 Å². The van der Waals surface area contributed by atoms with Crippen LogP contribution in [0.15, 0.2) is 24.3 Å². The highest BCUT2D eigenvalue weighted by atomic mass is 35.5. The molecule has 0 aliphatic carbocycles. The number of piperidine rings is 1. The van der Waals surface area contributed by atoms with E-state index in [9.17, 15) is 22.8 Å². The quantitative estimate of drug-likeness (QED) is 0.361. The third-order valence-corrected chi connectivity index (χ3v) is 6.23. The van der Waals surface area contributed by atoms with Crippen LogP contribution in [0.25, 0.3) is 0 Å².